The molecular formula is C13H19NO3S. The Morgan fingerprint density at radius 2 is 1.67 bits per heavy atom. The van der Waals surface area contributed by atoms with Gasteiger partial charge in [0.1, 0.15) is 0 Å². The van der Waals surface area contributed by atoms with Crippen molar-refractivity contribution in [2.24, 2.45) is 5.92 Å². The second-order valence-electron chi connectivity index (χ2n) is 4.33. The highest BCUT2D eigenvalue weighted by molar-refractivity contribution is 7.92. The van der Waals surface area contributed by atoms with E-state index in [4.69, 9.17) is 0 Å². The molecule has 0 aliphatic rings. The molecule has 0 heterocycles. The fourth-order valence-corrected chi connectivity index (χ4v) is 2.38. The first-order valence-corrected chi connectivity index (χ1v) is 7.88. The first-order valence-electron chi connectivity index (χ1n) is 5.99. The molecule has 1 aromatic rings. The molecule has 0 radical (unpaired) electrons. The molecule has 0 saturated heterocycles. The normalized spacial score (nSPS) is 11.6. The van der Waals surface area contributed by atoms with Crippen molar-refractivity contribution in [1.82, 2.24) is 0 Å². The Labute approximate surface area is 108 Å². The van der Waals surface area contributed by atoms with E-state index in [-0.39, 0.29) is 11.7 Å². The molecule has 0 spiro atoms. The molecule has 5 heteroatoms. The van der Waals surface area contributed by atoms with Crippen molar-refractivity contribution in [2.45, 2.75) is 26.7 Å². The van der Waals surface area contributed by atoms with Crippen LogP contribution in [0.5, 0.6) is 0 Å². The van der Waals surface area contributed by atoms with Crippen LogP contribution >= 0.6 is 0 Å². The quantitative estimate of drug-likeness (QED) is 0.808. The number of carbonyl (C=O) groups is 1. The van der Waals surface area contributed by atoms with E-state index in [1.165, 1.54) is 0 Å². The van der Waals surface area contributed by atoms with Crippen LogP contribution in [-0.4, -0.2) is 20.5 Å². The van der Waals surface area contributed by atoms with Crippen molar-refractivity contribution in [3.63, 3.8) is 0 Å². The number of Topliss-reactive ketones (excluding diaryl/α,β-unsaturated/α-hetero) is 1. The SMILES string of the molecule is CCC(CC)C(=O)c1ccc(NS(C)(=O)=O)cc1. The predicted octanol–water partition coefficient (Wildman–Crippen LogP) is 2.68. The van der Waals surface area contributed by atoms with Gasteiger partial charge in [-0.3, -0.25) is 9.52 Å². The predicted molar refractivity (Wildman–Crippen MR) is 73.3 cm³/mol. The Hall–Kier alpha value is -1.36. The van der Waals surface area contributed by atoms with Crippen molar-refractivity contribution in [1.29, 1.82) is 0 Å². The number of carbonyl (C=O) groups excluding carboxylic acids is 1. The van der Waals surface area contributed by atoms with Crippen molar-refractivity contribution in [3.8, 4) is 0 Å². The number of ketones is 1. The standard InChI is InChI=1S/C13H19NO3S/c1-4-10(5-2)13(15)11-6-8-12(9-7-11)14-18(3,16)17/h6-10,14H,4-5H2,1-3H3. The molecule has 0 aliphatic carbocycles. The zero-order valence-corrected chi connectivity index (χ0v) is 11.8. The van der Waals surface area contributed by atoms with E-state index >= 15 is 0 Å². The maximum atomic E-state index is 12.1. The van der Waals surface area contributed by atoms with Gasteiger partial charge in [0.05, 0.1) is 6.26 Å². The molecule has 0 fully saturated rings. The largest absolute Gasteiger partial charge is 0.294 e. The van der Waals surface area contributed by atoms with Crippen LogP contribution in [0.3, 0.4) is 0 Å². The van der Waals surface area contributed by atoms with E-state index in [1.54, 1.807) is 24.3 Å². The van der Waals surface area contributed by atoms with Crippen LogP contribution in [0.25, 0.3) is 0 Å². The van der Waals surface area contributed by atoms with Gasteiger partial charge in [0.25, 0.3) is 0 Å². The molecule has 0 atom stereocenters. The minimum Gasteiger partial charge on any atom is -0.294 e. The van der Waals surface area contributed by atoms with E-state index in [0.717, 1.165) is 19.1 Å². The molecule has 100 valence electrons. The van der Waals surface area contributed by atoms with Gasteiger partial charge in [0.15, 0.2) is 5.78 Å². The molecule has 0 aliphatic heterocycles. The van der Waals surface area contributed by atoms with Crippen LogP contribution in [0.15, 0.2) is 24.3 Å². The van der Waals surface area contributed by atoms with Gasteiger partial charge in [-0.2, -0.15) is 0 Å². The first kappa shape index (κ1) is 14.7. The first-order chi connectivity index (χ1) is 8.37. The van der Waals surface area contributed by atoms with Crippen LogP contribution < -0.4 is 4.72 Å². The molecule has 0 unspecified atom stereocenters. The molecule has 18 heavy (non-hydrogen) atoms. The average molecular weight is 269 g/mol. The Kier molecular flexibility index (Phi) is 4.90. The lowest BCUT2D eigenvalue weighted by molar-refractivity contribution is 0.0913. The van der Waals surface area contributed by atoms with E-state index in [9.17, 15) is 13.2 Å². The summed E-state index contributed by atoms with van der Waals surface area (Å²) in [5, 5.41) is 0. The number of sulfonamides is 1. The van der Waals surface area contributed by atoms with Gasteiger partial charge in [-0.05, 0) is 37.1 Å². The van der Waals surface area contributed by atoms with E-state index < -0.39 is 10.0 Å². The third-order valence-corrected chi connectivity index (χ3v) is 3.44. The topological polar surface area (TPSA) is 63.2 Å². The Morgan fingerprint density at radius 3 is 2.06 bits per heavy atom. The summed E-state index contributed by atoms with van der Waals surface area (Å²) >= 11 is 0. The molecule has 0 saturated carbocycles. The summed E-state index contributed by atoms with van der Waals surface area (Å²) in [4.78, 5) is 12.1. The van der Waals surface area contributed by atoms with Gasteiger partial charge in [-0.1, -0.05) is 13.8 Å². The molecule has 0 aromatic heterocycles. The van der Waals surface area contributed by atoms with Gasteiger partial charge >= 0.3 is 0 Å². The zero-order chi connectivity index (χ0) is 13.8. The number of benzene rings is 1. The Bertz CT molecular complexity index is 502. The van der Waals surface area contributed by atoms with Gasteiger partial charge in [-0.15, -0.1) is 0 Å². The second-order valence-corrected chi connectivity index (χ2v) is 6.08. The number of nitrogens with one attached hydrogen (secondary N) is 1. The van der Waals surface area contributed by atoms with Crippen LogP contribution in [0.1, 0.15) is 37.0 Å². The molecule has 0 bridgehead atoms. The fourth-order valence-electron chi connectivity index (χ4n) is 1.81. The summed E-state index contributed by atoms with van der Waals surface area (Å²) < 4.78 is 24.4. The summed E-state index contributed by atoms with van der Waals surface area (Å²) in [6.45, 7) is 3.98. The number of rotatable bonds is 6. The van der Waals surface area contributed by atoms with Crippen molar-refractivity contribution in [3.05, 3.63) is 29.8 Å². The van der Waals surface area contributed by atoms with Crippen molar-refractivity contribution < 1.29 is 13.2 Å². The van der Waals surface area contributed by atoms with E-state index in [1.807, 2.05) is 13.8 Å². The summed E-state index contributed by atoms with van der Waals surface area (Å²) in [5.41, 5.74) is 1.10. The highest BCUT2D eigenvalue weighted by atomic mass is 32.2. The molecule has 1 rings (SSSR count). The minimum atomic E-state index is -3.27. The van der Waals surface area contributed by atoms with Gasteiger partial charge in [0.2, 0.25) is 10.0 Å². The number of anilines is 1. The van der Waals surface area contributed by atoms with Crippen LogP contribution in [0.4, 0.5) is 5.69 Å². The molecular weight excluding hydrogens is 250 g/mol. The second kappa shape index (κ2) is 6.00. The maximum Gasteiger partial charge on any atom is 0.229 e. The zero-order valence-electron chi connectivity index (χ0n) is 10.9. The third-order valence-electron chi connectivity index (χ3n) is 2.83. The van der Waals surface area contributed by atoms with Gasteiger partial charge in [0, 0.05) is 17.2 Å². The van der Waals surface area contributed by atoms with Crippen LogP contribution in [0.2, 0.25) is 0 Å². The molecule has 1 N–H and O–H groups in total. The van der Waals surface area contributed by atoms with Gasteiger partial charge < -0.3 is 0 Å². The summed E-state index contributed by atoms with van der Waals surface area (Å²) in [6.07, 6.45) is 2.73. The summed E-state index contributed by atoms with van der Waals surface area (Å²) in [7, 11) is -3.27. The Balaban J connectivity index is 2.86. The van der Waals surface area contributed by atoms with Crippen molar-refractivity contribution in [2.75, 3.05) is 11.0 Å². The smallest absolute Gasteiger partial charge is 0.229 e. The molecule has 4 nitrogen and oxygen atoms in total. The average Bonchev–Trinajstić information content (AvgIpc) is 2.29. The molecule has 0 amide bonds. The number of hydrogen-bond acceptors (Lipinski definition) is 3. The fraction of sp³-hybridized carbons (Fsp3) is 0.462. The lowest BCUT2D eigenvalue weighted by Crippen LogP contribution is -2.13. The lowest BCUT2D eigenvalue weighted by Gasteiger charge is -2.11. The van der Waals surface area contributed by atoms with Crippen LogP contribution in [0, 0.1) is 5.92 Å². The van der Waals surface area contributed by atoms with E-state index in [0.29, 0.717) is 11.3 Å². The monoisotopic (exact) mass is 269 g/mol. The van der Waals surface area contributed by atoms with Crippen LogP contribution in [-0.2, 0) is 10.0 Å². The van der Waals surface area contributed by atoms with Crippen molar-refractivity contribution >= 4 is 21.5 Å². The highest BCUT2D eigenvalue weighted by Gasteiger charge is 2.16. The Morgan fingerprint density at radius 1 is 1.17 bits per heavy atom. The van der Waals surface area contributed by atoms with E-state index in [2.05, 4.69) is 4.72 Å². The minimum absolute atomic E-state index is 0.0405. The highest BCUT2D eigenvalue weighted by Crippen LogP contribution is 2.18. The molecule has 1 aromatic carbocycles. The summed E-state index contributed by atoms with van der Waals surface area (Å²) in [5.74, 6) is 0.157. The summed E-state index contributed by atoms with van der Waals surface area (Å²) in [6, 6.07) is 6.54. The number of hydrogen-bond donors (Lipinski definition) is 1. The maximum absolute atomic E-state index is 12.1. The van der Waals surface area contributed by atoms with Gasteiger partial charge in [-0.25, -0.2) is 8.42 Å². The lowest BCUT2D eigenvalue weighted by atomic mass is 9.93. The third kappa shape index (κ3) is 4.14.